The van der Waals surface area contributed by atoms with Gasteiger partial charge in [-0.2, -0.15) is 5.26 Å². The standard InChI is InChI=1S/C21H27N5/c22-15-19-14-20(23)21(26(19)18-8-4-5-9-18)25-12-10-24(11-13-25)16-17-6-2-1-3-7-17/h1-3,6-7,14,18H,4-5,8-13,16,23H2. The molecule has 136 valence electrons. The van der Waals surface area contributed by atoms with Crippen molar-refractivity contribution >= 4 is 11.5 Å². The monoisotopic (exact) mass is 349 g/mol. The molecule has 1 aliphatic heterocycles. The fourth-order valence-corrected chi connectivity index (χ4v) is 4.45. The SMILES string of the molecule is N#Cc1cc(N)c(N2CCN(Cc3ccccc3)CC2)n1C1CCCC1. The second-order valence-electron chi connectivity index (χ2n) is 7.48. The van der Waals surface area contributed by atoms with Crippen LogP contribution in [0.2, 0.25) is 0 Å². The number of nitriles is 1. The normalized spacial score (nSPS) is 19.0. The van der Waals surface area contributed by atoms with Crippen LogP contribution in [0.3, 0.4) is 0 Å². The molecule has 26 heavy (non-hydrogen) atoms. The summed E-state index contributed by atoms with van der Waals surface area (Å²) in [5.74, 6) is 1.08. The third-order valence-electron chi connectivity index (χ3n) is 5.76. The molecule has 1 aromatic heterocycles. The number of anilines is 2. The number of rotatable bonds is 4. The summed E-state index contributed by atoms with van der Waals surface area (Å²) < 4.78 is 2.23. The molecule has 0 spiro atoms. The van der Waals surface area contributed by atoms with Gasteiger partial charge in [-0.15, -0.1) is 0 Å². The minimum absolute atomic E-state index is 0.430. The molecule has 0 bridgehead atoms. The maximum atomic E-state index is 9.57. The minimum atomic E-state index is 0.430. The quantitative estimate of drug-likeness (QED) is 0.919. The van der Waals surface area contributed by atoms with E-state index >= 15 is 0 Å². The van der Waals surface area contributed by atoms with Crippen molar-refractivity contribution < 1.29 is 0 Å². The number of benzene rings is 1. The maximum absolute atomic E-state index is 9.57. The molecule has 2 aliphatic rings. The van der Waals surface area contributed by atoms with Gasteiger partial charge in [-0.1, -0.05) is 43.2 Å². The number of hydrogen-bond acceptors (Lipinski definition) is 4. The van der Waals surface area contributed by atoms with Crippen LogP contribution in [0.4, 0.5) is 11.5 Å². The van der Waals surface area contributed by atoms with E-state index in [4.69, 9.17) is 5.73 Å². The van der Waals surface area contributed by atoms with Crippen LogP contribution in [-0.4, -0.2) is 35.6 Å². The van der Waals surface area contributed by atoms with E-state index in [0.29, 0.717) is 6.04 Å². The molecule has 0 unspecified atom stereocenters. The number of nitrogens with two attached hydrogens (primary N) is 1. The van der Waals surface area contributed by atoms with Crippen LogP contribution < -0.4 is 10.6 Å². The molecule has 5 nitrogen and oxygen atoms in total. The van der Waals surface area contributed by atoms with Crippen molar-refractivity contribution in [3.05, 3.63) is 47.7 Å². The van der Waals surface area contributed by atoms with Gasteiger partial charge in [-0.3, -0.25) is 4.90 Å². The van der Waals surface area contributed by atoms with E-state index in [1.165, 1.54) is 18.4 Å². The average molecular weight is 349 g/mol. The lowest BCUT2D eigenvalue weighted by molar-refractivity contribution is 0.248. The molecule has 1 aromatic carbocycles. The molecule has 2 fully saturated rings. The summed E-state index contributed by atoms with van der Waals surface area (Å²) >= 11 is 0. The Labute approximate surface area is 155 Å². The van der Waals surface area contributed by atoms with Gasteiger partial charge in [-0.25, -0.2) is 0 Å². The smallest absolute Gasteiger partial charge is 0.133 e. The highest BCUT2D eigenvalue weighted by Crippen LogP contribution is 2.38. The fraction of sp³-hybridized carbons (Fsp3) is 0.476. The van der Waals surface area contributed by atoms with Crippen LogP contribution >= 0.6 is 0 Å². The third kappa shape index (κ3) is 3.30. The van der Waals surface area contributed by atoms with Gasteiger partial charge in [0, 0.05) is 38.8 Å². The van der Waals surface area contributed by atoms with E-state index < -0.39 is 0 Å². The van der Waals surface area contributed by atoms with Crippen molar-refractivity contribution in [2.75, 3.05) is 36.8 Å². The third-order valence-corrected chi connectivity index (χ3v) is 5.76. The average Bonchev–Trinajstić information content (AvgIpc) is 3.30. The fourth-order valence-electron chi connectivity index (χ4n) is 4.45. The van der Waals surface area contributed by atoms with Gasteiger partial charge in [0.1, 0.15) is 17.6 Å². The zero-order valence-corrected chi connectivity index (χ0v) is 15.3. The summed E-state index contributed by atoms with van der Waals surface area (Å²) in [6.07, 6.45) is 4.81. The van der Waals surface area contributed by atoms with Crippen LogP contribution in [0, 0.1) is 11.3 Å². The molecule has 1 aliphatic carbocycles. The lowest BCUT2D eigenvalue weighted by atomic mass is 10.2. The highest BCUT2D eigenvalue weighted by Gasteiger charge is 2.28. The van der Waals surface area contributed by atoms with E-state index in [0.717, 1.165) is 62.8 Å². The summed E-state index contributed by atoms with van der Waals surface area (Å²) in [7, 11) is 0. The molecule has 0 radical (unpaired) electrons. The van der Waals surface area contributed by atoms with E-state index in [1.54, 1.807) is 0 Å². The highest BCUT2D eigenvalue weighted by molar-refractivity contribution is 5.68. The van der Waals surface area contributed by atoms with Crippen molar-refractivity contribution in [2.24, 2.45) is 0 Å². The maximum Gasteiger partial charge on any atom is 0.133 e. The van der Waals surface area contributed by atoms with Crippen molar-refractivity contribution in [3.8, 4) is 6.07 Å². The number of nitrogens with zero attached hydrogens (tertiary/aromatic N) is 4. The Kier molecular flexibility index (Phi) is 4.85. The molecule has 0 atom stereocenters. The van der Waals surface area contributed by atoms with Gasteiger partial charge in [0.05, 0.1) is 5.69 Å². The molecular weight excluding hydrogens is 322 g/mol. The highest BCUT2D eigenvalue weighted by atomic mass is 15.3. The molecule has 4 rings (SSSR count). The van der Waals surface area contributed by atoms with Crippen molar-refractivity contribution in [2.45, 2.75) is 38.3 Å². The Balaban J connectivity index is 1.49. The Morgan fingerprint density at radius 2 is 1.73 bits per heavy atom. The van der Waals surface area contributed by atoms with Gasteiger partial charge in [0.25, 0.3) is 0 Å². The summed E-state index contributed by atoms with van der Waals surface area (Å²) in [5, 5.41) is 9.57. The Morgan fingerprint density at radius 1 is 1.04 bits per heavy atom. The Hall–Kier alpha value is -2.45. The largest absolute Gasteiger partial charge is 0.396 e. The first-order valence-corrected chi connectivity index (χ1v) is 9.68. The zero-order chi connectivity index (χ0) is 17.9. The summed E-state index contributed by atoms with van der Waals surface area (Å²) in [5.41, 5.74) is 9.18. The molecular formula is C21H27N5. The van der Waals surface area contributed by atoms with Crippen LogP contribution in [0.5, 0.6) is 0 Å². The predicted molar refractivity (Wildman–Crippen MR) is 105 cm³/mol. The number of aromatic nitrogens is 1. The Bertz CT molecular complexity index is 775. The Morgan fingerprint density at radius 3 is 2.38 bits per heavy atom. The summed E-state index contributed by atoms with van der Waals surface area (Å²) in [4.78, 5) is 4.88. The minimum Gasteiger partial charge on any atom is -0.396 e. The van der Waals surface area contributed by atoms with Crippen molar-refractivity contribution in [3.63, 3.8) is 0 Å². The zero-order valence-electron chi connectivity index (χ0n) is 15.3. The second-order valence-corrected chi connectivity index (χ2v) is 7.48. The first-order chi connectivity index (χ1) is 12.8. The number of hydrogen-bond donors (Lipinski definition) is 1. The van der Waals surface area contributed by atoms with E-state index in [-0.39, 0.29) is 0 Å². The van der Waals surface area contributed by atoms with Crippen LogP contribution in [0.15, 0.2) is 36.4 Å². The number of nitrogen functional groups attached to an aromatic ring is 1. The van der Waals surface area contributed by atoms with E-state index in [1.807, 2.05) is 6.07 Å². The molecule has 1 saturated heterocycles. The second kappa shape index (κ2) is 7.43. The van der Waals surface area contributed by atoms with Crippen LogP contribution in [-0.2, 0) is 6.54 Å². The van der Waals surface area contributed by atoms with E-state index in [9.17, 15) is 5.26 Å². The first kappa shape index (κ1) is 17.0. The van der Waals surface area contributed by atoms with Crippen molar-refractivity contribution in [1.29, 1.82) is 5.26 Å². The molecule has 1 saturated carbocycles. The molecule has 2 N–H and O–H groups in total. The van der Waals surface area contributed by atoms with Gasteiger partial charge < -0.3 is 15.2 Å². The summed E-state index contributed by atoms with van der Waals surface area (Å²) in [6.45, 7) is 4.95. The van der Waals surface area contributed by atoms with Gasteiger partial charge >= 0.3 is 0 Å². The lowest BCUT2D eigenvalue weighted by Gasteiger charge is -2.37. The topological polar surface area (TPSA) is 61.2 Å². The molecule has 0 amide bonds. The van der Waals surface area contributed by atoms with Crippen molar-refractivity contribution in [1.82, 2.24) is 9.47 Å². The van der Waals surface area contributed by atoms with Crippen LogP contribution in [0.25, 0.3) is 0 Å². The molecule has 2 heterocycles. The van der Waals surface area contributed by atoms with Gasteiger partial charge in [0.15, 0.2) is 0 Å². The predicted octanol–water partition coefficient (Wildman–Crippen LogP) is 3.38. The first-order valence-electron chi connectivity index (χ1n) is 9.68. The summed E-state index contributed by atoms with van der Waals surface area (Å²) in [6, 6.07) is 15.3. The molecule has 2 aromatic rings. The van der Waals surface area contributed by atoms with Gasteiger partial charge in [0.2, 0.25) is 0 Å². The van der Waals surface area contributed by atoms with Crippen LogP contribution in [0.1, 0.15) is 43.0 Å². The van der Waals surface area contributed by atoms with Gasteiger partial charge in [-0.05, 0) is 24.5 Å². The lowest BCUT2D eigenvalue weighted by Crippen LogP contribution is -2.47. The van der Waals surface area contributed by atoms with E-state index in [2.05, 4.69) is 50.8 Å². The molecule has 5 heteroatoms. The number of piperazine rings is 1.